The summed E-state index contributed by atoms with van der Waals surface area (Å²) in [6, 6.07) is 11.4. The number of amides is 1. The third kappa shape index (κ3) is 3.43. The molecule has 0 atom stereocenters. The second-order valence-electron chi connectivity index (χ2n) is 4.96. The molecule has 4 nitrogen and oxygen atoms in total. The van der Waals surface area contributed by atoms with Crippen molar-refractivity contribution in [3.05, 3.63) is 76.3 Å². The van der Waals surface area contributed by atoms with Gasteiger partial charge in [-0.1, -0.05) is 6.07 Å². The highest BCUT2D eigenvalue weighted by atomic mass is 32.1. The number of aryl methyl sites for hydroxylation is 1. The Morgan fingerprint density at radius 2 is 1.96 bits per heavy atom. The van der Waals surface area contributed by atoms with Crippen LogP contribution in [0.4, 0.5) is 10.1 Å². The maximum atomic E-state index is 13.2. The average molecular weight is 327 g/mol. The number of halogens is 1. The number of hydrogen-bond acceptors (Lipinski definition) is 4. The highest BCUT2D eigenvalue weighted by Gasteiger charge is 2.22. The highest BCUT2D eigenvalue weighted by Crippen LogP contribution is 2.23. The molecule has 116 valence electrons. The quantitative estimate of drug-likeness (QED) is 0.731. The van der Waals surface area contributed by atoms with Crippen LogP contribution < -0.4 is 4.90 Å². The van der Waals surface area contributed by atoms with Gasteiger partial charge in [0.05, 0.1) is 23.4 Å². The summed E-state index contributed by atoms with van der Waals surface area (Å²) in [5.74, 6) is -0.504. The summed E-state index contributed by atoms with van der Waals surface area (Å²) in [5, 5.41) is 0. The lowest BCUT2D eigenvalue weighted by atomic mass is 10.2. The topological polar surface area (TPSA) is 46.1 Å². The molecule has 1 amide bonds. The van der Waals surface area contributed by atoms with E-state index in [9.17, 15) is 9.18 Å². The van der Waals surface area contributed by atoms with Gasteiger partial charge in [0.15, 0.2) is 0 Å². The van der Waals surface area contributed by atoms with E-state index in [2.05, 4.69) is 9.97 Å². The predicted octanol–water partition coefficient (Wildman–Crippen LogP) is 3.83. The van der Waals surface area contributed by atoms with Crippen LogP contribution in [0, 0.1) is 12.7 Å². The number of aromatic nitrogens is 2. The molecule has 0 aliphatic heterocycles. The van der Waals surface area contributed by atoms with E-state index in [-0.39, 0.29) is 11.7 Å². The number of anilines is 1. The first kappa shape index (κ1) is 15.3. The lowest BCUT2D eigenvalue weighted by Crippen LogP contribution is -2.30. The van der Waals surface area contributed by atoms with Crippen molar-refractivity contribution in [2.75, 3.05) is 4.90 Å². The summed E-state index contributed by atoms with van der Waals surface area (Å²) >= 11 is 1.30. The first-order valence-corrected chi connectivity index (χ1v) is 7.90. The van der Waals surface area contributed by atoms with E-state index in [1.165, 1.54) is 23.5 Å². The molecule has 23 heavy (non-hydrogen) atoms. The molecule has 2 heterocycles. The molecule has 0 radical (unpaired) electrons. The van der Waals surface area contributed by atoms with Crippen molar-refractivity contribution in [2.45, 2.75) is 13.5 Å². The summed E-state index contributed by atoms with van der Waals surface area (Å²) in [4.78, 5) is 23.4. The maximum absolute atomic E-state index is 13.2. The van der Waals surface area contributed by atoms with E-state index in [0.717, 1.165) is 5.69 Å². The molecule has 0 saturated heterocycles. The van der Waals surface area contributed by atoms with Crippen LogP contribution in [0.15, 0.2) is 54.2 Å². The minimum atomic E-state index is -0.340. The van der Waals surface area contributed by atoms with Crippen LogP contribution in [0.25, 0.3) is 0 Å². The van der Waals surface area contributed by atoms with E-state index in [1.54, 1.807) is 35.7 Å². The highest BCUT2D eigenvalue weighted by molar-refractivity contribution is 7.12. The van der Waals surface area contributed by atoms with Gasteiger partial charge in [0.2, 0.25) is 0 Å². The van der Waals surface area contributed by atoms with E-state index in [1.807, 2.05) is 18.2 Å². The van der Waals surface area contributed by atoms with Gasteiger partial charge in [-0.2, -0.15) is 0 Å². The van der Waals surface area contributed by atoms with Gasteiger partial charge in [-0.3, -0.25) is 9.78 Å². The molecule has 3 rings (SSSR count). The molecular formula is C17H14FN3OS. The van der Waals surface area contributed by atoms with Crippen molar-refractivity contribution in [1.29, 1.82) is 0 Å². The fourth-order valence-electron chi connectivity index (χ4n) is 2.18. The van der Waals surface area contributed by atoms with Gasteiger partial charge in [0.1, 0.15) is 10.7 Å². The first-order valence-electron chi connectivity index (χ1n) is 7.02. The smallest absolute Gasteiger partial charge is 0.270 e. The molecule has 0 fully saturated rings. The second-order valence-corrected chi connectivity index (χ2v) is 5.81. The SMILES string of the molecule is Cc1ncsc1C(=O)N(Cc1ccccn1)c1ccc(F)cc1. The van der Waals surface area contributed by atoms with Gasteiger partial charge in [-0.25, -0.2) is 9.37 Å². The minimum absolute atomic E-state index is 0.165. The number of carbonyl (C=O) groups is 1. The molecule has 0 bridgehead atoms. The Kier molecular flexibility index (Phi) is 4.43. The third-order valence-electron chi connectivity index (χ3n) is 3.37. The largest absolute Gasteiger partial charge is 0.302 e. The van der Waals surface area contributed by atoms with Crippen LogP contribution in [-0.4, -0.2) is 15.9 Å². The third-order valence-corrected chi connectivity index (χ3v) is 4.29. The number of rotatable bonds is 4. The molecule has 0 N–H and O–H groups in total. The molecule has 2 aromatic heterocycles. The van der Waals surface area contributed by atoms with Crippen LogP contribution in [-0.2, 0) is 6.54 Å². The average Bonchev–Trinajstić information content (AvgIpc) is 3.00. The number of benzene rings is 1. The van der Waals surface area contributed by atoms with Gasteiger partial charge in [0, 0.05) is 11.9 Å². The maximum Gasteiger partial charge on any atom is 0.270 e. The molecule has 1 aromatic carbocycles. The number of thiazole rings is 1. The Morgan fingerprint density at radius 3 is 2.57 bits per heavy atom. The number of carbonyl (C=O) groups excluding carboxylic acids is 1. The zero-order valence-corrected chi connectivity index (χ0v) is 13.3. The van der Waals surface area contributed by atoms with Crippen LogP contribution in [0.3, 0.4) is 0 Å². The second kappa shape index (κ2) is 6.66. The molecule has 3 aromatic rings. The van der Waals surface area contributed by atoms with Crippen molar-refractivity contribution in [3.8, 4) is 0 Å². The van der Waals surface area contributed by atoms with E-state index < -0.39 is 0 Å². The van der Waals surface area contributed by atoms with Crippen molar-refractivity contribution in [1.82, 2.24) is 9.97 Å². The molecule has 6 heteroatoms. The Balaban J connectivity index is 1.97. The first-order chi connectivity index (χ1) is 11.1. The number of pyridine rings is 1. The van der Waals surface area contributed by atoms with E-state index >= 15 is 0 Å². The van der Waals surface area contributed by atoms with Crippen LogP contribution in [0.1, 0.15) is 21.1 Å². The van der Waals surface area contributed by atoms with Crippen molar-refractivity contribution in [3.63, 3.8) is 0 Å². The zero-order valence-electron chi connectivity index (χ0n) is 12.4. The summed E-state index contributed by atoms with van der Waals surface area (Å²) in [6.45, 7) is 2.11. The zero-order chi connectivity index (χ0) is 16.2. The lowest BCUT2D eigenvalue weighted by molar-refractivity contribution is 0.0988. The monoisotopic (exact) mass is 327 g/mol. The predicted molar refractivity (Wildman–Crippen MR) is 88.0 cm³/mol. The summed E-state index contributed by atoms with van der Waals surface area (Å²) < 4.78 is 13.2. The molecule has 0 unspecified atom stereocenters. The molecule has 0 saturated carbocycles. The van der Waals surface area contributed by atoms with Crippen LogP contribution in [0.5, 0.6) is 0 Å². The number of hydrogen-bond donors (Lipinski definition) is 0. The minimum Gasteiger partial charge on any atom is -0.302 e. The van der Waals surface area contributed by atoms with Crippen LogP contribution in [0.2, 0.25) is 0 Å². The lowest BCUT2D eigenvalue weighted by Gasteiger charge is -2.22. The van der Waals surface area contributed by atoms with Crippen molar-refractivity contribution >= 4 is 22.9 Å². The number of nitrogens with zero attached hydrogens (tertiary/aromatic N) is 3. The normalized spacial score (nSPS) is 10.5. The Labute approximate surface area is 137 Å². The van der Waals surface area contributed by atoms with Gasteiger partial charge >= 0.3 is 0 Å². The van der Waals surface area contributed by atoms with E-state index in [0.29, 0.717) is 22.8 Å². The fourth-order valence-corrected chi connectivity index (χ4v) is 2.94. The Hall–Kier alpha value is -2.60. The van der Waals surface area contributed by atoms with Gasteiger partial charge in [0.25, 0.3) is 5.91 Å². The molecule has 0 aliphatic carbocycles. The Bertz CT molecular complexity index is 802. The molecular weight excluding hydrogens is 313 g/mol. The van der Waals surface area contributed by atoms with E-state index in [4.69, 9.17) is 0 Å². The summed E-state index contributed by atoms with van der Waals surface area (Å²) in [6.07, 6.45) is 1.68. The van der Waals surface area contributed by atoms with Crippen LogP contribution >= 0.6 is 11.3 Å². The van der Waals surface area contributed by atoms with Gasteiger partial charge in [-0.15, -0.1) is 11.3 Å². The van der Waals surface area contributed by atoms with Crippen molar-refractivity contribution < 1.29 is 9.18 Å². The molecule has 0 spiro atoms. The standard InChI is InChI=1S/C17H14FN3OS/c1-12-16(23-11-20-12)17(22)21(10-14-4-2-3-9-19-14)15-7-5-13(18)6-8-15/h2-9,11H,10H2,1H3. The van der Waals surface area contributed by atoms with Gasteiger partial charge in [-0.05, 0) is 43.3 Å². The van der Waals surface area contributed by atoms with Crippen molar-refractivity contribution in [2.24, 2.45) is 0 Å². The Morgan fingerprint density at radius 1 is 1.17 bits per heavy atom. The van der Waals surface area contributed by atoms with Gasteiger partial charge < -0.3 is 4.90 Å². The summed E-state index contributed by atoms with van der Waals surface area (Å²) in [5.41, 5.74) is 3.71. The fraction of sp³-hybridized carbons (Fsp3) is 0.118. The molecule has 0 aliphatic rings. The summed E-state index contributed by atoms with van der Waals surface area (Å²) in [7, 11) is 0.